The molecule has 102 valence electrons. The number of halogens is 1. The molecule has 2 amide bonds. The van der Waals surface area contributed by atoms with E-state index in [4.69, 9.17) is 11.6 Å². The first-order valence-corrected chi connectivity index (χ1v) is 6.65. The summed E-state index contributed by atoms with van der Waals surface area (Å²) in [5.41, 5.74) is 0.281. The Morgan fingerprint density at radius 2 is 2.26 bits per heavy atom. The highest BCUT2D eigenvalue weighted by atomic mass is 35.5. The lowest BCUT2D eigenvalue weighted by Crippen LogP contribution is -2.51. The minimum Gasteiger partial charge on any atom is -0.357 e. The average Bonchev–Trinajstić information content (AvgIpc) is 2.45. The normalized spacial score (nSPS) is 19.1. The van der Waals surface area contributed by atoms with Gasteiger partial charge in [0.25, 0.3) is 5.91 Å². The molecule has 1 aliphatic heterocycles. The second-order valence-corrected chi connectivity index (χ2v) is 4.92. The quantitative estimate of drug-likeness (QED) is 0.893. The Morgan fingerprint density at radius 3 is 2.95 bits per heavy atom. The fourth-order valence-corrected chi connectivity index (χ4v) is 2.44. The van der Waals surface area contributed by atoms with Crippen molar-refractivity contribution in [3.8, 4) is 0 Å². The van der Waals surface area contributed by atoms with Gasteiger partial charge >= 0.3 is 0 Å². The number of carbonyl (C=O) groups is 2. The van der Waals surface area contributed by atoms with E-state index in [-0.39, 0.29) is 17.5 Å². The lowest BCUT2D eigenvalue weighted by molar-refractivity contribution is -0.126. The Balaban J connectivity index is 2.22. The number of nitrogens with one attached hydrogen (secondary N) is 1. The van der Waals surface area contributed by atoms with Crippen LogP contribution in [-0.2, 0) is 4.79 Å². The van der Waals surface area contributed by atoms with Crippen LogP contribution in [0.4, 0.5) is 0 Å². The summed E-state index contributed by atoms with van der Waals surface area (Å²) in [6, 6.07) is 2.73. The van der Waals surface area contributed by atoms with E-state index in [2.05, 4.69) is 10.3 Å². The van der Waals surface area contributed by atoms with Gasteiger partial charge in [-0.3, -0.25) is 14.6 Å². The van der Waals surface area contributed by atoms with Crippen LogP contribution in [0.3, 0.4) is 0 Å². The molecular formula is C13H16ClN3O2. The third-order valence-corrected chi connectivity index (χ3v) is 3.49. The van der Waals surface area contributed by atoms with Gasteiger partial charge in [-0.15, -0.1) is 0 Å². The van der Waals surface area contributed by atoms with Crippen molar-refractivity contribution < 1.29 is 9.59 Å². The van der Waals surface area contributed by atoms with Crippen molar-refractivity contribution in [1.82, 2.24) is 15.2 Å². The lowest BCUT2D eigenvalue weighted by atomic mass is 10.0. The van der Waals surface area contributed by atoms with Crippen LogP contribution in [0.15, 0.2) is 18.3 Å². The molecule has 0 spiro atoms. The first kappa shape index (κ1) is 13.8. The molecule has 5 nitrogen and oxygen atoms in total. The zero-order chi connectivity index (χ0) is 13.8. The number of carbonyl (C=O) groups excluding carboxylic acids is 2. The molecule has 19 heavy (non-hydrogen) atoms. The van der Waals surface area contributed by atoms with Crippen LogP contribution in [0, 0.1) is 0 Å². The predicted molar refractivity (Wildman–Crippen MR) is 72.0 cm³/mol. The van der Waals surface area contributed by atoms with Gasteiger partial charge in [-0.1, -0.05) is 11.6 Å². The number of pyridine rings is 1. The molecule has 1 fully saturated rings. The zero-order valence-corrected chi connectivity index (χ0v) is 11.5. The predicted octanol–water partition coefficient (Wildman–Crippen LogP) is 1.48. The van der Waals surface area contributed by atoms with Crippen LogP contribution in [0.2, 0.25) is 5.02 Å². The molecular weight excluding hydrogens is 266 g/mol. The van der Waals surface area contributed by atoms with E-state index in [9.17, 15) is 9.59 Å². The Hall–Kier alpha value is -1.62. The van der Waals surface area contributed by atoms with Gasteiger partial charge in [0.1, 0.15) is 11.7 Å². The van der Waals surface area contributed by atoms with Crippen LogP contribution < -0.4 is 5.32 Å². The topological polar surface area (TPSA) is 62.3 Å². The molecule has 6 heteroatoms. The van der Waals surface area contributed by atoms with Crippen molar-refractivity contribution in [2.45, 2.75) is 25.3 Å². The van der Waals surface area contributed by atoms with E-state index in [1.165, 1.54) is 12.3 Å². The molecule has 1 saturated heterocycles. The SMILES string of the molecule is CNC(=O)C1CCCCN1C(=O)c1cc(Cl)ccn1. The smallest absolute Gasteiger partial charge is 0.273 e. The molecule has 0 aromatic carbocycles. The number of likely N-dealkylation sites (N-methyl/N-ethyl adjacent to an activating group) is 1. The number of amides is 2. The van der Waals surface area contributed by atoms with Crippen molar-refractivity contribution in [1.29, 1.82) is 0 Å². The molecule has 1 atom stereocenters. The average molecular weight is 282 g/mol. The minimum atomic E-state index is -0.410. The summed E-state index contributed by atoms with van der Waals surface area (Å²) in [6.45, 7) is 0.575. The first-order valence-electron chi connectivity index (χ1n) is 6.27. The van der Waals surface area contributed by atoms with Crippen LogP contribution in [0.25, 0.3) is 0 Å². The number of hydrogen-bond acceptors (Lipinski definition) is 3. The molecule has 0 aliphatic carbocycles. The summed E-state index contributed by atoms with van der Waals surface area (Å²) in [4.78, 5) is 29.8. The Morgan fingerprint density at radius 1 is 1.47 bits per heavy atom. The molecule has 0 saturated carbocycles. The van der Waals surface area contributed by atoms with Crippen LogP contribution in [-0.4, -0.2) is 41.3 Å². The van der Waals surface area contributed by atoms with Crippen molar-refractivity contribution in [3.63, 3.8) is 0 Å². The maximum absolute atomic E-state index is 12.4. The van der Waals surface area contributed by atoms with Crippen molar-refractivity contribution >= 4 is 23.4 Å². The summed E-state index contributed by atoms with van der Waals surface area (Å²) < 4.78 is 0. The van der Waals surface area contributed by atoms with E-state index < -0.39 is 6.04 Å². The van der Waals surface area contributed by atoms with E-state index in [0.29, 0.717) is 18.0 Å². The standard InChI is InChI=1S/C13H16ClN3O2/c1-15-12(18)11-4-2-3-7-17(11)13(19)10-8-9(14)5-6-16-10/h5-6,8,11H,2-4,7H2,1H3,(H,15,18). The second kappa shape index (κ2) is 6.02. The Labute approximate surface area is 117 Å². The van der Waals surface area contributed by atoms with Crippen molar-refractivity contribution in [2.75, 3.05) is 13.6 Å². The van der Waals surface area contributed by atoms with Gasteiger partial charge in [-0.05, 0) is 31.4 Å². The summed E-state index contributed by atoms with van der Waals surface area (Å²) in [5.74, 6) is -0.370. The summed E-state index contributed by atoms with van der Waals surface area (Å²) >= 11 is 5.86. The van der Waals surface area contributed by atoms with Crippen LogP contribution in [0.5, 0.6) is 0 Å². The van der Waals surface area contributed by atoms with Gasteiger partial charge in [0.15, 0.2) is 0 Å². The fraction of sp³-hybridized carbons (Fsp3) is 0.462. The third-order valence-electron chi connectivity index (χ3n) is 3.25. The minimum absolute atomic E-state index is 0.130. The molecule has 1 aromatic heterocycles. The summed E-state index contributed by atoms with van der Waals surface area (Å²) in [7, 11) is 1.58. The number of likely N-dealkylation sites (tertiary alicyclic amines) is 1. The highest BCUT2D eigenvalue weighted by Gasteiger charge is 2.32. The van der Waals surface area contributed by atoms with Crippen LogP contribution >= 0.6 is 11.6 Å². The molecule has 0 radical (unpaired) electrons. The van der Waals surface area contributed by atoms with Gasteiger partial charge in [0, 0.05) is 24.8 Å². The molecule has 1 aromatic rings. The van der Waals surface area contributed by atoms with Crippen LogP contribution in [0.1, 0.15) is 29.8 Å². The number of hydrogen-bond donors (Lipinski definition) is 1. The third kappa shape index (κ3) is 3.04. The van der Waals surface area contributed by atoms with Gasteiger partial charge in [0.2, 0.25) is 5.91 Å². The Bertz CT molecular complexity index is 493. The number of nitrogens with zero attached hydrogens (tertiary/aromatic N) is 2. The van der Waals surface area contributed by atoms with Gasteiger partial charge < -0.3 is 10.2 Å². The van der Waals surface area contributed by atoms with E-state index in [0.717, 1.165) is 12.8 Å². The number of rotatable bonds is 2. The molecule has 1 N–H and O–H groups in total. The summed E-state index contributed by atoms with van der Waals surface area (Å²) in [6.07, 6.45) is 4.03. The highest BCUT2D eigenvalue weighted by molar-refractivity contribution is 6.30. The van der Waals surface area contributed by atoms with E-state index >= 15 is 0 Å². The van der Waals surface area contributed by atoms with Gasteiger partial charge in [-0.2, -0.15) is 0 Å². The lowest BCUT2D eigenvalue weighted by Gasteiger charge is -2.34. The number of piperidine rings is 1. The molecule has 2 heterocycles. The maximum atomic E-state index is 12.4. The maximum Gasteiger partial charge on any atom is 0.273 e. The number of aromatic nitrogens is 1. The molecule has 0 bridgehead atoms. The van der Waals surface area contributed by atoms with E-state index in [1.807, 2.05) is 0 Å². The Kier molecular flexibility index (Phi) is 4.37. The molecule has 1 aliphatic rings. The fourth-order valence-electron chi connectivity index (χ4n) is 2.28. The molecule has 1 unspecified atom stereocenters. The van der Waals surface area contributed by atoms with Gasteiger partial charge in [-0.25, -0.2) is 0 Å². The van der Waals surface area contributed by atoms with Crippen molar-refractivity contribution in [3.05, 3.63) is 29.0 Å². The highest BCUT2D eigenvalue weighted by Crippen LogP contribution is 2.20. The largest absolute Gasteiger partial charge is 0.357 e. The van der Waals surface area contributed by atoms with Gasteiger partial charge in [0.05, 0.1) is 0 Å². The summed E-state index contributed by atoms with van der Waals surface area (Å²) in [5, 5.41) is 3.07. The van der Waals surface area contributed by atoms with E-state index in [1.54, 1.807) is 18.0 Å². The second-order valence-electron chi connectivity index (χ2n) is 4.48. The monoisotopic (exact) mass is 281 g/mol. The molecule has 2 rings (SSSR count). The first-order chi connectivity index (χ1) is 9.13. The zero-order valence-electron chi connectivity index (χ0n) is 10.7. The van der Waals surface area contributed by atoms with Crippen molar-refractivity contribution in [2.24, 2.45) is 0 Å².